The normalized spacial score (nSPS) is 18.9. The smallest absolute Gasteiger partial charge is 0.166 e. The summed E-state index contributed by atoms with van der Waals surface area (Å²) in [6, 6.07) is 2.03. The molecule has 2 aliphatic rings. The first kappa shape index (κ1) is 8.96. The Morgan fingerprint density at radius 2 is 2.13 bits per heavy atom. The van der Waals surface area contributed by atoms with Crippen LogP contribution >= 0.6 is 0 Å². The SMILES string of the molecule is O=Cc1cc2c(n1CC1CC1)=CCCC=2. The van der Waals surface area contributed by atoms with Crippen molar-refractivity contribution in [3.05, 3.63) is 22.3 Å². The molecule has 0 radical (unpaired) electrons. The van der Waals surface area contributed by atoms with Crippen LogP contribution in [-0.2, 0) is 6.54 Å². The summed E-state index contributed by atoms with van der Waals surface area (Å²) in [7, 11) is 0. The van der Waals surface area contributed by atoms with Crippen LogP contribution in [0.3, 0.4) is 0 Å². The summed E-state index contributed by atoms with van der Waals surface area (Å²) in [5.74, 6) is 0.815. The second-order valence-electron chi connectivity index (χ2n) is 4.57. The lowest BCUT2D eigenvalue weighted by Gasteiger charge is -2.05. The summed E-state index contributed by atoms with van der Waals surface area (Å²) < 4.78 is 2.20. The second-order valence-corrected chi connectivity index (χ2v) is 4.57. The highest BCUT2D eigenvalue weighted by molar-refractivity contribution is 5.73. The minimum absolute atomic E-state index is 0.815. The van der Waals surface area contributed by atoms with E-state index in [4.69, 9.17) is 0 Å². The number of carbonyl (C=O) groups excluding carboxylic acids is 1. The number of fused-ring (bicyclic) bond motifs is 1. The van der Waals surface area contributed by atoms with Gasteiger partial charge in [0.15, 0.2) is 6.29 Å². The molecule has 15 heavy (non-hydrogen) atoms. The molecule has 78 valence electrons. The minimum atomic E-state index is 0.815. The van der Waals surface area contributed by atoms with Crippen LogP contribution in [0.5, 0.6) is 0 Å². The van der Waals surface area contributed by atoms with Crippen molar-refractivity contribution in [2.24, 2.45) is 5.92 Å². The third-order valence-electron chi connectivity index (χ3n) is 3.33. The van der Waals surface area contributed by atoms with E-state index in [-0.39, 0.29) is 0 Å². The Morgan fingerprint density at radius 1 is 1.33 bits per heavy atom. The molecule has 0 atom stereocenters. The third-order valence-corrected chi connectivity index (χ3v) is 3.33. The molecule has 0 aromatic carbocycles. The van der Waals surface area contributed by atoms with E-state index in [1.54, 1.807) is 0 Å². The molecule has 1 fully saturated rings. The molecule has 0 amide bonds. The van der Waals surface area contributed by atoms with Gasteiger partial charge in [0, 0.05) is 11.9 Å². The molecule has 0 saturated heterocycles. The number of hydrogen-bond acceptors (Lipinski definition) is 1. The number of nitrogens with zero attached hydrogens (tertiary/aromatic N) is 1. The van der Waals surface area contributed by atoms with Crippen molar-refractivity contribution >= 4 is 18.4 Å². The van der Waals surface area contributed by atoms with Crippen LogP contribution in [0.2, 0.25) is 0 Å². The molecule has 1 heterocycles. The van der Waals surface area contributed by atoms with Crippen LogP contribution in [0.4, 0.5) is 0 Å². The summed E-state index contributed by atoms with van der Waals surface area (Å²) in [4.78, 5) is 11.0. The minimum Gasteiger partial charge on any atom is -0.338 e. The molecular weight excluding hydrogens is 186 g/mol. The van der Waals surface area contributed by atoms with Gasteiger partial charge < -0.3 is 4.57 Å². The van der Waals surface area contributed by atoms with E-state index in [1.807, 2.05) is 6.07 Å². The van der Waals surface area contributed by atoms with Crippen LogP contribution in [-0.4, -0.2) is 10.9 Å². The monoisotopic (exact) mass is 201 g/mol. The fourth-order valence-electron chi connectivity index (χ4n) is 2.32. The topological polar surface area (TPSA) is 22.0 Å². The zero-order valence-corrected chi connectivity index (χ0v) is 8.78. The predicted octanol–water partition coefficient (Wildman–Crippen LogP) is 1.07. The number of carbonyl (C=O) groups is 1. The second kappa shape index (κ2) is 3.37. The quantitative estimate of drug-likeness (QED) is 0.670. The molecule has 0 N–H and O–H groups in total. The van der Waals surface area contributed by atoms with E-state index in [0.717, 1.165) is 37.3 Å². The standard InChI is InChI=1S/C13H15NO/c15-9-12-7-11-3-1-2-4-13(11)14(12)8-10-5-6-10/h3-4,7,9-10H,1-2,5-6,8H2. The maximum absolute atomic E-state index is 11.0. The van der Waals surface area contributed by atoms with Crippen molar-refractivity contribution in [3.63, 3.8) is 0 Å². The predicted molar refractivity (Wildman–Crippen MR) is 60.0 cm³/mol. The zero-order chi connectivity index (χ0) is 10.3. The maximum Gasteiger partial charge on any atom is 0.166 e. The Kier molecular flexibility index (Phi) is 2.01. The van der Waals surface area contributed by atoms with Gasteiger partial charge in [-0.2, -0.15) is 0 Å². The van der Waals surface area contributed by atoms with Crippen molar-refractivity contribution < 1.29 is 4.79 Å². The number of rotatable bonds is 3. The summed E-state index contributed by atoms with van der Waals surface area (Å²) in [6.07, 6.45) is 10.4. The van der Waals surface area contributed by atoms with E-state index in [2.05, 4.69) is 16.7 Å². The van der Waals surface area contributed by atoms with Gasteiger partial charge in [0.1, 0.15) is 0 Å². The lowest BCUT2D eigenvalue weighted by atomic mass is 10.2. The van der Waals surface area contributed by atoms with Gasteiger partial charge >= 0.3 is 0 Å². The molecule has 0 unspecified atom stereocenters. The van der Waals surface area contributed by atoms with Gasteiger partial charge in [-0.1, -0.05) is 12.2 Å². The number of aldehydes is 1. The molecule has 2 heteroatoms. The van der Waals surface area contributed by atoms with Crippen molar-refractivity contribution in [3.8, 4) is 0 Å². The van der Waals surface area contributed by atoms with Gasteiger partial charge in [-0.25, -0.2) is 0 Å². The lowest BCUT2D eigenvalue weighted by Crippen LogP contribution is -2.31. The largest absolute Gasteiger partial charge is 0.338 e. The highest BCUT2D eigenvalue weighted by atomic mass is 16.1. The molecule has 3 rings (SSSR count). The lowest BCUT2D eigenvalue weighted by molar-refractivity contribution is 0.111. The fourth-order valence-corrected chi connectivity index (χ4v) is 2.32. The Bertz CT molecular complexity index is 505. The first-order valence-electron chi connectivity index (χ1n) is 5.73. The van der Waals surface area contributed by atoms with E-state index in [1.165, 1.54) is 23.4 Å². The average molecular weight is 201 g/mol. The number of hydrogen-bond donors (Lipinski definition) is 0. The molecule has 1 aromatic rings. The highest BCUT2D eigenvalue weighted by Gasteiger charge is 2.23. The Balaban J connectivity index is 2.16. The van der Waals surface area contributed by atoms with Gasteiger partial charge in [-0.15, -0.1) is 0 Å². The van der Waals surface area contributed by atoms with Crippen LogP contribution in [0.15, 0.2) is 6.07 Å². The molecule has 0 aliphatic heterocycles. The first-order valence-corrected chi connectivity index (χ1v) is 5.73. The molecule has 2 aliphatic carbocycles. The van der Waals surface area contributed by atoms with Crippen molar-refractivity contribution in [2.75, 3.05) is 0 Å². The molecule has 1 aromatic heterocycles. The van der Waals surface area contributed by atoms with Gasteiger partial charge in [0.05, 0.1) is 5.69 Å². The van der Waals surface area contributed by atoms with Gasteiger partial charge in [0.2, 0.25) is 0 Å². The van der Waals surface area contributed by atoms with Crippen LogP contribution < -0.4 is 10.6 Å². The zero-order valence-electron chi connectivity index (χ0n) is 8.78. The van der Waals surface area contributed by atoms with E-state index < -0.39 is 0 Å². The summed E-state index contributed by atoms with van der Waals surface area (Å²) in [6.45, 7) is 1.04. The van der Waals surface area contributed by atoms with Crippen LogP contribution in [0.1, 0.15) is 36.2 Å². The van der Waals surface area contributed by atoms with E-state index >= 15 is 0 Å². The van der Waals surface area contributed by atoms with Crippen LogP contribution in [0, 0.1) is 5.92 Å². The maximum atomic E-state index is 11.0. The van der Waals surface area contributed by atoms with E-state index in [0.29, 0.717) is 0 Å². The Morgan fingerprint density at radius 3 is 2.87 bits per heavy atom. The van der Waals surface area contributed by atoms with Gasteiger partial charge in [-0.05, 0) is 42.9 Å². The molecule has 0 bridgehead atoms. The molecule has 2 nitrogen and oxygen atoms in total. The van der Waals surface area contributed by atoms with Crippen molar-refractivity contribution in [1.82, 2.24) is 4.57 Å². The fraction of sp³-hybridized carbons (Fsp3) is 0.462. The van der Waals surface area contributed by atoms with Crippen LogP contribution in [0.25, 0.3) is 12.2 Å². The molecule has 0 spiro atoms. The van der Waals surface area contributed by atoms with Gasteiger partial charge in [-0.3, -0.25) is 4.79 Å². The van der Waals surface area contributed by atoms with E-state index in [9.17, 15) is 4.79 Å². The summed E-state index contributed by atoms with van der Waals surface area (Å²) in [5.41, 5.74) is 0.848. The summed E-state index contributed by atoms with van der Waals surface area (Å²) >= 11 is 0. The molecular formula is C13H15NO. The Labute approximate surface area is 88.9 Å². The van der Waals surface area contributed by atoms with Crippen molar-refractivity contribution in [2.45, 2.75) is 32.2 Å². The van der Waals surface area contributed by atoms with Crippen molar-refractivity contribution in [1.29, 1.82) is 0 Å². The third kappa shape index (κ3) is 1.54. The number of aromatic nitrogens is 1. The summed E-state index contributed by atoms with van der Waals surface area (Å²) in [5, 5.41) is 2.53. The first-order chi connectivity index (χ1) is 7.38. The van der Waals surface area contributed by atoms with Gasteiger partial charge in [0.25, 0.3) is 0 Å². The average Bonchev–Trinajstić information content (AvgIpc) is 3.01. The Hall–Kier alpha value is -1.31. The highest BCUT2D eigenvalue weighted by Crippen LogP contribution is 2.30. The molecule has 1 saturated carbocycles.